The molecule has 0 bridgehead atoms. The van der Waals surface area contributed by atoms with Crippen LogP contribution in [0.1, 0.15) is 39.1 Å². The number of carbonyl (C=O) groups is 2. The molecule has 2 aromatic rings. The molecule has 0 aliphatic carbocycles. The van der Waals surface area contributed by atoms with E-state index in [9.17, 15) is 19.7 Å². The lowest BCUT2D eigenvalue weighted by Crippen LogP contribution is -2.35. The van der Waals surface area contributed by atoms with Crippen molar-refractivity contribution in [1.29, 1.82) is 0 Å². The van der Waals surface area contributed by atoms with Crippen LogP contribution in [0.4, 0.5) is 17.1 Å². The lowest BCUT2D eigenvalue weighted by molar-refractivity contribution is -0.384. The topological polar surface area (TPSA) is 125 Å². The zero-order valence-electron chi connectivity index (χ0n) is 16.2. The molecule has 1 amide bonds. The fourth-order valence-corrected chi connectivity index (χ4v) is 3.47. The molecule has 156 valence electrons. The summed E-state index contributed by atoms with van der Waals surface area (Å²) < 4.78 is 0. The van der Waals surface area contributed by atoms with Crippen molar-refractivity contribution in [1.82, 2.24) is 5.32 Å². The van der Waals surface area contributed by atoms with E-state index in [1.807, 2.05) is 4.90 Å². The Balaban J connectivity index is 1.82. The van der Waals surface area contributed by atoms with Crippen molar-refractivity contribution in [2.24, 2.45) is 0 Å². The van der Waals surface area contributed by atoms with Gasteiger partial charge in [0.1, 0.15) is 0 Å². The van der Waals surface area contributed by atoms with Gasteiger partial charge in [0, 0.05) is 30.9 Å². The van der Waals surface area contributed by atoms with Crippen LogP contribution in [-0.2, 0) is 0 Å². The maximum absolute atomic E-state index is 12.9. The second-order valence-electron chi connectivity index (χ2n) is 6.90. The summed E-state index contributed by atoms with van der Waals surface area (Å²) in [5.74, 6) is -1.66. The molecule has 0 unspecified atom stereocenters. The summed E-state index contributed by atoms with van der Waals surface area (Å²) >= 11 is 5.21. The summed E-state index contributed by atoms with van der Waals surface area (Å²) in [4.78, 5) is 36.7. The Labute approximate surface area is 177 Å². The predicted octanol–water partition coefficient (Wildman–Crippen LogP) is 3.33. The number of nitrogens with one attached hydrogen (secondary N) is 2. The highest BCUT2D eigenvalue weighted by molar-refractivity contribution is 7.80. The van der Waals surface area contributed by atoms with Crippen molar-refractivity contribution in [3.8, 4) is 0 Å². The SMILES string of the molecule is Cc1ccc(C(=O)O)cc1NC(=S)NC(=O)c1cc([N+](=O)[O-])ccc1N1CCCC1. The van der Waals surface area contributed by atoms with Crippen LogP contribution in [0, 0.1) is 17.0 Å². The summed E-state index contributed by atoms with van der Waals surface area (Å²) in [6.07, 6.45) is 1.97. The van der Waals surface area contributed by atoms with E-state index < -0.39 is 16.8 Å². The van der Waals surface area contributed by atoms with Gasteiger partial charge in [0.2, 0.25) is 0 Å². The van der Waals surface area contributed by atoms with E-state index in [0.717, 1.165) is 31.5 Å². The largest absolute Gasteiger partial charge is 0.478 e. The fourth-order valence-electron chi connectivity index (χ4n) is 3.27. The fraction of sp³-hybridized carbons (Fsp3) is 0.250. The predicted molar refractivity (Wildman–Crippen MR) is 116 cm³/mol. The van der Waals surface area contributed by atoms with Gasteiger partial charge in [-0.2, -0.15) is 0 Å². The van der Waals surface area contributed by atoms with Gasteiger partial charge in [-0.25, -0.2) is 4.79 Å². The summed E-state index contributed by atoms with van der Waals surface area (Å²) in [5.41, 5.74) is 1.84. The van der Waals surface area contributed by atoms with Crippen LogP contribution in [0.15, 0.2) is 36.4 Å². The Bertz CT molecular complexity index is 1030. The monoisotopic (exact) mass is 428 g/mol. The molecule has 1 aliphatic rings. The molecular formula is C20H20N4O5S. The average Bonchev–Trinajstić information content (AvgIpc) is 3.23. The molecule has 30 heavy (non-hydrogen) atoms. The number of benzene rings is 2. The van der Waals surface area contributed by atoms with E-state index in [1.54, 1.807) is 19.1 Å². The number of nitrogens with zero attached hydrogens (tertiary/aromatic N) is 2. The molecular weight excluding hydrogens is 408 g/mol. The van der Waals surface area contributed by atoms with Crippen molar-refractivity contribution in [2.75, 3.05) is 23.3 Å². The Kier molecular flexibility index (Phi) is 6.26. The van der Waals surface area contributed by atoms with Gasteiger partial charge in [0.05, 0.1) is 21.7 Å². The first-order valence-corrected chi connectivity index (χ1v) is 9.67. The second-order valence-corrected chi connectivity index (χ2v) is 7.30. The first kappa shape index (κ1) is 21.2. The first-order valence-electron chi connectivity index (χ1n) is 9.26. The number of thiocarbonyl (C=S) groups is 1. The summed E-state index contributed by atoms with van der Waals surface area (Å²) in [6, 6.07) is 8.70. The number of hydrogen-bond acceptors (Lipinski definition) is 6. The lowest BCUT2D eigenvalue weighted by atomic mass is 10.1. The zero-order chi connectivity index (χ0) is 21.8. The number of carboxylic acid groups (broad SMARTS) is 1. The van der Waals surface area contributed by atoms with E-state index >= 15 is 0 Å². The number of carboxylic acids is 1. The minimum atomic E-state index is -1.08. The van der Waals surface area contributed by atoms with Gasteiger partial charge in [-0.1, -0.05) is 6.07 Å². The molecule has 3 N–H and O–H groups in total. The number of aromatic carboxylic acids is 1. The summed E-state index contributed by atoms with van der Waals surface area (Å²) in [6.45, 7) is 3.30. The van der Waals surface area contributed by atoms with E-state index in [-0.39, 0.29) is 21.9 Å². The van der Waals surface area contributed by atoms with Crippen molar-refractivity contribution in [2.45, 2.75) is 19.8 Å². The van der Waals surface area contributed by atoms with Crippen LogP contribution >= 0.6 is 12.2 Å². The molecule has 0 atom stereocenters. The van der Waals surface area contributed by atoms with E-state index in [2.05, 4.69) is 10.6 Å². The molecule has 0 radical (unpaired) electrons. The Hall–Kier alpha value is -3.53. The molecule has 10 heteroatoms. The minimum absolute atomic E-state index is 0.0375. The quantitative estimate of drug-likeness (QED) is 0.376. The molecule has 3 rings (SSSR count). The number of hydrogen-bond donors (Lipinski definition) is 3. The Morgan fingerprint density at radius 3 is 2.50 bits per heavy atom. The number of nitro groups is 1. The summed E-state index contributed by atoms with van der Waals surface area (Å²) in [5, 5.41) is 25.6. The number of rotatable bonds is 5. The normalized spacial score (nSPS) is 13.0. The second kappa shape index (κ2) is 8.87. The number of carbonyl (C=O) groups excluding carboxylic acids is 1. The molecule has 1 saturated heterocycles. The van der Waals surface area contributed by atoms with Crippen LogP contribution in [0.3, 0.4) is 0 Å². The van der Waals surface area contributed by atoms with Crippen molar-refractivity contribution >= 4 is 46.3 Å². The van der Waals surface area contributed by atoms with Crippen molar-refractivity contribution in [3.05, 3.63) is 63.2 Å². The number of amides is 1. The summed E-state index contributed by atoms with van der Waals surface area (Å²) in [7, 11) is 0. The van der Waals surface area contributed by atoms with Gasteiger partial charge in [-0.3, -0.25) is 20.2 Å². The standard InChI is InChI=1S/C20H20N4O5S/c1-12-4-5-13(19(26)27)10-16(12)21-20(30)22-18(25)15-11-14(24(28)29)6-7-17(15)23-8-2-3-9-23/h4-7,10-11H,2-3,8-9H2,1H3,(H,26,27)(H2,21,22,25,30). The van der Waals surface area contributed by atoms with Gasteiger partial charge in [-0.15, -0.1) is 0 Å². The number of nitro benzene ring substituents is 1. The molecule has 1 heterocycles. The minimum Gasteiger partial charge on any atom is -0.478 e. The van der Waals surface area contributed by atoms with Crippen LogP contribution in [0.5, 0.6) is 0 Å². The third-order valence-electron chi connectivity index (χ3n) is 4.84. The number of non-ortho nitro benzene ring substituents is 1. The van der Waals surface area contributed by atoms with E-state index in [4.69, 9.17) is 17.3 Å². The zero-order valence-corrected chi connectivity index (χ0v) is 17.0. The molecule has 9 nitrogen and oxygen atoms in total. The van der Waals surface area contributed by atoms with E-state index in [0.29, 0.717) is 11.4 Å². The molecule has 0 aromatic heterocycles. The number of aryl methyl sites for hydroxylation is 1. The van der Waals surface area contributed by atoms with E-state index in [1.165, 1.54) is 24.3 Å². The van der Waals surface area contributed by atoms with Gasteiger partial charge >= 0.3 is 5.97 Å². The van der Waals surface area contributed by atoms with Crippen LogP contribution in [0.25, 0.3) is 0 Å². The smallest absolute Gasteiger partial charge is 0.335 e. The van der Waals surface area contributed by atoms with Gasteiger partial charge in [0.25, 0.3) is 11.6 Å². The lowest BCUT2D eigenvalue weighted by Gasteiger charge is -2.21. The van der Waals surface area contributed by atoms with Crippen molar-refractivity contribution < 1.29 is 19.6 Å². The molecule has 0 saturated carbocycles. The maximum atomic E-state index is 12.9. The Morgan fingerprint density at radius 1 is 1.17 bits per heavy atom. The van der Waals surface area contributed by atoms with Crippen LogP contribution in [-0.4, -0.2) is 40.1 Å². The highest BCUT2D eigenvalue weighted by atomic mass is 32.1. The maximum Gasteiger partial charge on any atom is 0.335 e. The number of anilines is 2. The highest BCUT2D eigenvalue weighted by Gasteiger charge is 2.23. The van der Waals surface area contributed by atoms with Gasteiger partial charge < -0.3 is 15.3 Å². The third-order valence-corrected chi connectivity index (χ3v) is 5.05. The highest BCUT2D eigenvalue weighted by Crippen LogP contribution is 2.28. The first-order chi connectivity index (χ1) is 14.3. The van der Waals surface area contributed by atoms with Crippen molar-refractivity contribution in [3.63, 3.8) is 0 Å². The van der Waals surface area contributed by atoms with Gasteiger partial charge in [-0.05, 0) is 55.7 Å². The average molecular weight is 428 g/mol. The van der Waals surface area contributed by atoms with Crippen LogP contribution in [0.2, 0.25) is 0 Å². The molecule has 2 aromatic carbocycles. The Morgan fingerprint density at radius 2 is 1.87 bits per heavy atom. The van der Waals surface area contributed by atoms with Crippen LogP contribution < -0.4 is 15.5 Å². The van der Waals surface area contributed by atoms with Gasteiger partial charge in [0.15, 0.2) is 5.11 Å². The molecule has 0 spiro atoms. The molecule has 1 aliphatic heterocycles. The molecule has 1 fully saturated rings. The third kappa shape index (κ3) is 4.71.